The predicted octanol–water partition coefficient (Wildman–Crippen LogP) is 1.02. The molecule has 1 atom stereocenters. The van der Waals surface area contributed by atoms with Crippen LogP contribution >= 0.6 is 11.6 Å². The van der Waals surface area contributed by atoms with E-state index in [9.17, 15) is 13.2 Å². The van der Waals surface area contributed by atoms with Crippen molar-refractivity contribution in [2.75, 3.05) is 13.1 Å². The van der Waals surface area contributed by atoms with Gasteiger partial charge in [-0.15, -0.1) is 0 Å². The second-order valence-corrected chi connectivity index (χ2v) is 6.77. The summed E-state index contributed by atoms with van der Waals surface area (Å²) in [7, 11) is -3.86. The number of amides is 1. The van der Waals surface area contributed by atoms with E-state index < -0.39 is 16.1 Å². The van der Waals surface area contributed by atoms with Crippen LogP contribution in [0.5, 0.6) is 0 Å². The molecule has 1 amide bonds. The molecule has 1 aromatic rings. The summed E-state index contributed by atoms with van der Waals surface area (Å²) in [6.07, 6.45) is 4.48. The number of carbonyl (C=O) groups is 1. The monoisotopic (exact) mass is 317 g/mol. The third-order valence-electron chi connectivity index (χ3n) is 3.14. The highest BCUT2D eigenvalue weighted by molar-refractivity contribution is 7.89. The smallest absolute Gasteiger partial charge is 0.244 e. The van der Waals surface area contributed by atoms with E-state index in [0.29, 0.717) is 13.1 Å². The van der Waals surface area contributed by atoms with Gasteiger partial charge in [0.2, 0.25) is 15.9 Å². The first-order chi connectivity index (χ1) is 9.42. The lowest BCUT2D eigenvalue weighted by Gasteiger charge is -2.21. The lowest BCUT2D eigenvalue weighted by atomic mass is 10.3. The molecule has 0 saturated carbocycles. The number of rotatable bonds is 4. The van der Waals surface area contributed by atoms with E-state index in [0.717, 1.165) is 19.0 Å². The van der Waals surface area contributed by atoms with Gasteiger partial charge in [-0.1, -0.05) is 11.6 Å². The van der Waals surface area contributed by atoms with E-state index in [2.05, 4.69) is 9.71 Å². The topological polar surface area (TPSA) is 79.4 Å². The molecule has 0 bridgehead atoms. The van der Waals surface area contributed by atoms with Crippen molar-refractivity contribution in [1.82, 2.24) is 14.6 Å². The number of nitrogens with zero attached hydrogens (tertiary/aromatic N) is 2. The van der Waals surface area contributed by atoms with Gasteiger partial charge in [0, 0.05) is 25.5 Å². The first kappa shape index (κ1) is 15.2. The summed E-state index contributed by atoms with van der Waals surface area (Å²) in [5, 5.41) is 0.0771. The van der Waals surface area contributed by atoms with E-state index in [1.165, 1.54) is 19.2 Å². The van der Waals surface area contributed by atoms with Gasteiger partial charge in [0.25, 0.3) is 0 Å². The summed E-state index contributed by atoms with van der Waals surface area (Å²) in [6.45, 7) is 2.89. The first-order valence-corrected chi connectivity index (χ1v) is 8.18. The molecule has 1 aliphatic heterocycles. The SMILES string of the molecule is CC(NS(=O)(=O)c1cnccc1Cl)C(=O)N1CCCC1. The highest BCUT2D eigenvalue weighted by Gasteiger charge is 2.28. The van der Waals surface area contributed by atoms with Crippen molar-refractivity contribution >= 4 is 27.5 Å². The van der Waals surface area contributed by atoms with Crippen LogP contribution in [0, 0.1) is 0 Å². The minimum atomic E-state index is -3.86. The molecule has 0 radical (unpaired) electrons. The molecule has 0 aliphatic carbocycles. The Morgan fingerprint density at radius 3 is 2.70 bits per heavy atom. The number of sulfonamides is 1. The number of hydrogen-bond acceptors (Lipinski definition) is 4. The number of hydrogen-bond donors (Lipinski definition) is 1. The fraction of sp³-hybridized carbons (Fsp3) is 0.500. The number of carbonyl (C=O) groups excluding carboxylic acids is 1. The molecule has 1 aliphatic rings. The van der Waals surface area contributed by atoms with Crippen molar-refractivity contribution in [2.24, 2.45) is 0 Å². The Labute approximate surface area is 123 Å². The average Bonchev–Trinajstić information content (AvgIpc) is 2.91. The summed E-state index contributed by atoms with van der Waals surface area (Å²) in [6, 6.07) is 0.567. The van der Waals surface area contributed by atoms with Gasteiger partial charge in [-0.05, 0) is 25.8 Å². The number of pyridine rings is 1. The van der Waals surface area contributed by atoms with Crippen molar-refractivity contribution in [3.63, 3.8) is 0 Å². The molecule has 2 rings (SSSR count). The molecule has 1 saturated heterocycles. The average molecular weight is 318 g/mol. The molecule has 2 heterocycles. The van der Waals surface area contributed by atoms with Gasteiger partial charge < -0.3 is 4.90 Å². The van der Waals surface area contributed by atoms with Gasteiger partial charge in [-0.25, -0.2) is 8.42 Å². The molecule has 1 aromatic heterocycles. The van der Waals surface area contributed by atoms with Crippen LogP contribution in [0.25, 0.3) is 0 Å². The largest absolute Gasteiger partial charge is 0.341 e. The minimum Gasteiger partial charge on any atom is -0.341 e. The highest BCUT2D eigenvalue weighted by Crippen LogP contribution is 2.19. The zero-order chi connectivity index (χ0) is 14.8. The minimum absolute atomic E-state index is 0.0771. The lowest BCUT2D eigenvalue weighted by Crippen LogP contribution is -2.45. The molecular formula is C12H16ClN3O3S. The first-order valence-electron chi connectivity index (χ1n) is 6.32. The number of likely N-dealkylation sites (tertiary alicyclic amines) is 1. The number of halogens is 1. The maximum absolute atomic E-state index is 12.2. The zero-order valence-corrected chi connectivity index (χ0v) is 12.6. The standard InChI is InChI=1S/C12H16ClN3O3S/c1-9(12(17)16-6-2-3-7-16)15-20(18,19)11-8-14-5-4-10(11)13/h4-5,8-9,15H,2-3,6-7H2,1H3. The molecule has 0 aromatic carbocycles. The summed E-state index contributed by atoms with van der Waals surface area (Å²) < 4.78 is 26.7. The summed E-state index contributed by atoms with van der Waals surface area (Å²) in [5.41, 5.74) is 0. The Kier molecular flexibility index (Phi) is 4.62. The van der Waals surface area contributed by atoms with Crippen LogP contribution < -0.4 is 4.72 Å². The second kappa shape index (κ2) is 6.07. The van der Waals surface area contributed by atoms with E-state index in [4.69, 9.17) is 11.6 Å². The normalized spacial score (nSPS) is 17.2. The van der Waals surface area contributed by atoms with Crippen molar-refractivity contribution in [3.05, 3.63) is 23.5 Å². The maximum atomic E-state index is 12.2. The molecule has 1 unspecified atom stereocenters. The van der Waals surface area contributed by atoms with Gasteiger partial charge in [0.05, 0.1) is 11.1 Å². The molecule has 1 N–H and O–H groups in total. The Morgan fingerprint density at radius 2 is 2.10 bits per heavy atom. The van der Waals surface area contributed by atoms with E-state index in [1.807, 2.05) is 0 Å². The summed E-state index contributed by atoms with van der Waals surface area (Å²) in [4.78, 5) is 17.4. The van der Waals surface area contributed by atoms with Gasteiger partial charge >= 0.3 is 0 Å². The molecule has 0 spiro atoms. The molecule has 8 heteroatoms. The maximum Gasteiger partial charge on any atom is 0.244 e. The van der Waals surface area contributed by atoms with Crippen LogP contribution in [0.1, 0.15) is 19.8 Å². The molecule has 1 fully saturated rings. The van der Waals surface area contributed by atoms with Crippen LogP contribution in [0.15, 0.2) is 23.4 Å². The van der Waals surface area contributed by atoms with Crippen molar-refractivity contribution in [1.29, 1.82) is 0 Å². The van der Waals surface area contributed by atoms with E-state index in [1.54, 1.807) is 4.90 Å². The van der Waals surface area contributed by atoms with Crippen LogP contribution in [-0.4, -0.2) is 43.3 Å². The van der Waals surface area contributed by atoms with Crippen molar-refractivity contribution in [2.45, 2.75) is 30.7 Å². The van der Waals surface area contributed by atoms with E-state index in [-0.39, 0.29) is 15.8 Å². The van der Waals surface area contributed by atoms with Gasteiger partial charge in [-0.2, -0.15) is 4.72 Å². The lowest BCUT2D eigenvalue weighted by molar-refractivity contribution is -0.131. The van der Waals surface area contributed by atoms with Crippen molar-refractivity contribution < 1.29 is 13.2 Å². The molecular weight excluding hydrogens is 302 g/mol. The van der Waals surface area contributed by atoms with Gasteiger partial charge in [0.15, 0.2) is 0 Å². The van der Waals surface area contributed by atoms with Crippen LogP contribution in [0.2, 0.25) is 5.02 Å². The Bertz CT molecular complexity index is 600. The van der Waals surface area contributed by atoms with Crippen molar-refractivity contribution in [3.8, 4) is 0 Å². The fourth-order valence-corrected chi connectivity index (χ4v) is 3.75. The summed E-state index contributed by atoms with van der Waals surface area (Å²) in [5.74, 6) is -0.217. The molecule has 6 nitrogen and oxygen atoms in total. The number of aromatic nitrogens is 1. The fourth-order valence-electron chi connectivity index (χ4n) is 2.12. The highest BCUT2D eigenvalue weighted by atomic mass is 35.5. The number of nitrogens with one attached hydrogen (secondary N) is 1. The van der Waals surface area contributed by atoms with Gasteiger partial charge in [-0.3, -0.25) is 9.78 Å². The van der Waals surface area contributed by atoms with Gasteiger partial charge in [0.1, 0.15) is 4.90 Å². The Morgan fingerprint density at radius 1 is 1.45 bits per heavy atom. The Balaban J connectivity index is 2.12. The third-order valence-corrected chi connectivity index (χ3v) is 5.15. The predicted molar refractivity (Wildman–Crippen MR) is 74.8 cm³/mol. The van der Waals surface area contributed by atoms with Crippen LogP contribution in [-0.2, 0) is 14.8 Å². The van der Waals surface area contributed by atoms with E-state index >= 15 is 0 Å². The van der Waals surface area contributed by atoms with Crippen LogP contribution in [0.3, 0.4) is 0 Å². The Hall–Kier alpha value is -1.18. The third kappa shape index (κ3) is 3.28. The molecule has 110 valence electrons. The summed E-state index contributed by atoms with van der Waals surface area (Å²) >= 11 is 5.84. The molecule has 20 heavy (non-hydrogen) atoms. The zero-order valence-electron chi connectivity index (χ0n) is 11.0. The van der Waals surface area contributed by atoms with Crippen LogP contribution in [0.4, 0.5) is 0 Å². The second-order valence-electron chi connectivity index (χ2n) is 4.68. The quantitative estimate of drug-likeness (QED) is 0.899.